The molecule has 1 saturated heterocycles. The van der Waals surface area contributed by atoms with E-state index in [9.17, 15) is 0 Å². The van der Waals surface area contributed by atoms with Gasteiger partial charge in [-0.15, -0.1) is 0 Å². The second-order valence-corrected chi connectivity index (χ2v) is 7.85. The standard InChI is InChI=1S/C25H26N4O3/c1-30-19-7-6-16-10-18(5-4-17(16)11-19)22-14-29(9-8-26-22)25-20-12-23(31-2)24(32-3)13-21(20)27-15-28-25/h4-7,10-13,15,22,26H,8-9,14H2,1-3H3. The van der Waals surface area contributed by atoms with Gasteiger partial charge in [0.1, 0.15) is 17.9 Å². The van der Waals surface area contributed by atoms with Crippen molar-refractivity contribution in [1.82, 2.24) is 15.3 Å². The lowest BCUT2D eigenvalue weighted by molar-refractivity contribution is 0.355. The molecule has 0 saturated carbocycles. The lowest BCUT2D eigenvalue weighted by Gasteiger charge is -2.35. The van der Waals surface area contributed by atoms with E-state index in [1.165, 1.54) is 16.3 Å². The van der Waals surface area contributed by atoms with Crippen molar-refractivity contribution in [1.29, 1.82) is 0 Å². The van der Waals surface area contributed by atoms with Gasteiger partial charge >= 0.3 is 0 Å². The Hall–Kier alpha value is -3.58. The molecule has 2 heterocycles. The Kier molecular flexibility index (Phi) is 5.41. The first kappa shape index (κ1) is 20.3. The van der Waals surface area contributed by atoms with Crippen LogP contribution >= 0.6 is 0 Å². The van der Waals surface area contributed by atoms with E-state index < -0.39 is 0 Å². The molecule has 7 nitrogen and oxygen atoms in total. The normalized spacial score (nSPS) is 16.3. The van der Waals surface area contributed by atoms with E-state index >= 15 is 0 Å². The van der Waals surface area contributed by atoms with Crippen LogP contribution < -0.4 is 24.4 Å². The molecule has 0 spiro atoms. The first-order valence-electron chi connectivity index (χ1n) is 10.6. The third-order valence-corrected chi connectivity index (χ3v) is 6.07. The molecule has 0 amide bonds. The quantitative estimate of drug-likeness (QED) is 0.514. The summed E-state index contributed by atoms with van der Waals surface area (Å²) in [5.74, 6) is 3.12. The molecule has 1 fully saturated rings. The highest BCUT2D eigenvalue weighted by Crippen LogP contribution is 2.35. The summed E-state index contributed by atoms with van der Waals surface area (Å²) in [6.07, 6.45) is 1.62. The zero-order valence-electron chi connectivity index (χ0n) is 18.5. The smallest absolute Gasteiger partial charge is 0.162 e. The van der Waals surface area contributed by atoms with Crippen molar-refractivity contribution >= 4 is 27.5 Å². The fourth-order valence-corrected chi connectivity index (χ4v) is 4.37. The average molecular weight is 431 g/mol. The molecule has 1 aromatic heterocycles. The van der Waals surface area contributed by atoms with Gasteiger partial charge in [0.25, 0.3) is 0 Å². The number of hydrogen-bond donors (Lipinski definition) is 1. The van der Waals surface area contributed by atoms with Gasteiger partial charge < -0.3 is 24.4 Å². The number of methoxy groups -OCH3 is 3. The van der Waals surface area contributed by atoms with Crippen molar-refractivity contribution in [3.63, 3.8) is 0 Å². The van der Waals surface area contributed by atoms with Crippen molar-refractivity contribution in [2.45, 2.75) is 6.04 Å². The molecule has 4 aromatic rings. The third-order valence-electron chi connectivity index (χ3n) is 6.07. The molecule has 1 aliphatic heterocycles. The molecule has 1 N–H and O–H groups in total. The molecule has 1 unspecified atom stereocenters. The lowest BCUT2D eigenvalue weighted by Crippen LogP contribution is -2.46. The first-order valence-corrected chi connectivity index (χ1v) is 10.6. The van der Waals surface area contributed by atoms with Crippen LogP contribution in [0.1, 0.15) is 11.6 Å². The van der Waals surface area contributed by atoms with Gasteiger partial charge in [0, 0.05) is 37.1 Å². The molecule has 1 aliphatic rings. The minimum atomic E-state index is 0.195. The van der Waals surface area contributed by atoms with Crippen LogP contribution in [0.2, 0.25) is 0 Å². The molecule has 32 heavy (non-hydrogen) atoms. The zero-order valence-corrected chi connectivity index (χ0v) is 18.5. The molecule has 7 heteroatoms. The second-order valence-electron chi connectivity index (χ2n) is 7.85. The number of rotatable bonds is 5. The number of hydrogen-bond acceptors (Lipinski definition) is 7. The predicted octanol–water partition coefficient (Wildman–Crippen LogP) is 3.96. The Balaban J connectivity index is 1.47. The summed E-state index contributed by atoms with van der Waals surface area (Å²) in [6.45, 7) is 2.54. The Bertz CT molecular complexity index is 1280. The lowest BCUT2D eigenvalue weighted by atomic mass is 10.00. The van der Waals surface area contributed by atoms with Gasteiger partial charge in [-0.2, -0.15) is 0 Å². The number of aromatic nitrogens is 2. The fraction of sp³-hybridized carbons (Fsp3) is 0.280. The largest absolute Gasteiger partial charge is 0.497 e. The van der Waals surface area contributed by atoms with Crippen LogP contribution in [0.15, 0.2) is 54.9 Å². The van der Waals surface area contributed by atoms with Gasteiger partial charge in [-0.05, 0) is 40.6 Å². The molecule has 0 bridgehead atoms. The maximum Gasteiger partial charge on any atom is 0.162 e. The van der Waals surface area contributed by atoms with Crippen LogP contribution in [0.4, 0.5) is 5.82 Å². The van der Waals surface area contributed by atoms with Crippen LogP contribution in [0.5, 0.6) is 17.2 Å². The van der Waals surface area contributed by atoms with E-state index in [0.717, 1.165) is 42.1 Å². The summed E-state index contributed by atoms with van der Waals surface area (Å²) in [6, 6.07) is 16.8. The minimum absolute atomic E-state index is 0.195. The van der Waals surface area contributed by atoms with Gasteiger partial charge in [-0.1, -0.05) is 18.2 Å². The van der Waals surface area contributed by atoms with E-state index in [2.05, 4.69) is 50.5 Å². The molecular weight excluding hydrogens is 404 g/mol. The van der Waals surface area contributed by atoms with Crippen LogP contribution in [0.3, 0.4) is 0 Å². The van der Waals surface area contributed by atoms with Crippen molar-refractivity contribution in [2.24, 2.45) is 0 Å². The summed E-state index contributed by atoms with van der Waals surface area (Å²) in [5.41, 5.74) is 2.09. The number of benzene rings is 3. The average Bonchev–Trinajstić information content (AvgIpc) is 2.86. The molecule has 0 radical (unpaired) electrons. The van der Waals surface area contributed by atoms with Gasteiger partial charge in [-0.25, -0.2) is 9.97 Å². The zero-order chi connectivity index (χ0) is 22.1. The summed E-state index contributed by atoms with van der Waals surface area (Å²) in [7, 11) is 4.97. The van der Waals surface area contributed by atoms with Crippen molar-refractivity contribution in [3.8, 4) is 17.2 Å². The Morgan fingerprint density at radius 2 is 1.66 bits per heavy atom. The van der Waals surface area contributed by atoms with Crippen LogP contribution in [0.25, 0.3) is 21.7 Å². The van der Waals surface area contributed by atoms with Crippen LogP contribution in [-0.2, 0) is 0 Å². The Morgan fingerprint density at radius 3 is 2.47 bits per heavy atom. The highest BCUT2D eigenvalue weighted by atomic mass is 16.5. The predicted molar refractivity (Wildman–Crippen MR) is 126 cm³/mol. The first-order chi connectivity index (χ1) is 15.7. The number of nitrogens with zero attached hydrogens (tertiary/aromatic N) is 3. The molecule has 0 aliphatic carbocycles. The third kappa shape index (κ3) is 3.65. The topological polar surface area (TPSA) is 68.7 Å². The highest BCUT2D eigenvalue weighted by molar-refractivity contribution is 5.92. The van der Waals surface area contributed by atoms with Crippen LogP contribution in [0, 0.1) is 0 Å². The minimum Gasteiger partial charge on any atom is -0.497 e. The maximum atomic E-state index is 5.51. The van der Waals surface area contributed by atoms with Crippen molar-refractivity contribution < 1.29 is 14.2 Å². The number of piperazine rings is 1. The molecule has 164 valence electrons. The highest BCUT2D eigenvalue weighted by Gasteiger charge is 2.24. The van der Waals surface area contributed by atoms with Gasteiger partial charge in [0.05, 0.1) is 26.8 Å². The Morgan fingerprint density at radius 1 is 0.875 bits per heavy atom. The van der Waals surface area contributed by atoms with Gasteiger partial charge in [-0.3, -0.25) is 0 Å². The SMILES string of the molecule is COc1ccc2cc(C3CN(c4ncnc5cc(OC)c(OC)cc45)CCN3)ccc2c1. The number of ether oxygens (including phenoxy) is 3. The summed E-state index contributed by atoms with van der Waals surface area (Å²) >= 11 is 0. The van der Waals surface area contributed by atoms with Crippen molar-refractivity contribution in [3.05, 3.63) is 60.4 Å². The summed E-state index contributed by atoms with van der Waals surface area (Å²) in [5, 5.41) is 6.98. The number of anilines is 1. The monoisotopic (exact) mass is 430 g/mol. The molecular formula is C25H26N4O3. The molecule has 1 atom stereocenters. The second kappa shape index (κ2) is 8.51. The van der Waals surface area contributed by atoms with Gasteiger partial charge in [0.2, 0.25) is 0 Å². The van der Waals surface area contributed by atoms with Crippen molar-refractivity contribution in [2.75, 3.05) is 45.9 Å². The summed E-state index contributed by atoms with van der Waals surface area (Å²) in [4.78, 5) is 11.4. The molecule has 3 aromatic carbocycles. The van der Waals surface area contributed by atoms with E-state index in [4.69, 9.17) is 14.2 Å². The van der Waals surface area contributed by atoms with E-state index in [1.54, 1.807) is 27.7 Å². The maximum absolute atomic E-state index is 5.51. The van der Waals surface area contributed by atoms with E-state index in [-0.39, 0.29) is 6.04 Å². The summed E-state index contributed by atoms with van der Waals surface area (Å²) < 4.78 is 16.3. The van der Waals surface area contributed by atoms with Gasteiger partial charge in [0.15, 0.2) is 11.5 Å². The number of nitrogens with one attached hydrogen (secondary N) is 1. The number of fused-ring (bicyclic) bond motifs is 2. The van der Waals surface area contributed by atoms with E-state index in [1.807, 2.05) is 18.2 Å². The van der Waals surface area contributed by atoms with Crippen LogP contribution in [-0.4, -0.2) is 50.9 Å². The molecule has 5 rings (SSSR count). The van der Waals surface area contributed by atoms with E-state index in [0.29, 0.717) is 11.5 Å². The fourth-order valence-electron chi connectivity index (χ4n) is 4.37. The Labute approximate surface area is 186 Å².